The van der Waals surface area contributed by atoms with Gasteiger partial charge in [0.05, 0.1) is 11.6 Å². The molecule has 5 nitrogen and oxygen atoms in total. The van der Waals surface area contributed by atoms with E-state index in [1.807, 2.05) is 49.4 Å². The van der Waals surface area contributed by atoms with Crippen molar-refractivity contribution < 1.29 is 0 Å². The van der Waals surface area contributed by atoms with Gasteiger partial charge in [0.15, 0.2) is 5.82 Å². The molecular weight excluding hydrogens is 274 g/mol. The SMILES string of the molecule is Cc1nc(-c2cccc(NCc3cccc(C#N)c3)c2)n[nH]1. The molecule has 0 amide bonds. The van der Waals surface area contributed by atoms with E-state index < -0.39 is 0 Å². The van der Waals surface area contributed by atoms with Crippen LogP contribution in [-0.4, -0.2) is 15.2 Å². The van der Waals surface area contributed by atoms with Gasteiger partial charge in [0.2, 0.25) is 0 Å². The van der Waals surface area contributed by atoms with Gasteiger partial charge in [-0.15, -0.1) is 0 Å². The molecule has 22 heavy (non-hydrogen) atoms. The molecule has 1 heterocycles. The van der Waals surface area contributed by atoms with Crippen molar-refractivity contribution >= 4 is 5.69 Å². The van der Waals surface area contributed by atoms with E-state index in [-0.39, 0.29) is 0 Å². The summed E-state index contributed by atoms with van der Waals surface area (Å²) in [4.78, 5) is 4.33. The first-order valence-corrected chi connectivity index (χ1v) is 6.97. The Labute approximate surface area is 128 Å². The number of anilines is 1. The zero-order valence-electron chi connectivity index (χ0n) is 12.2. The quantitative estimate of drug-likeness (QED) is 0.772. The summed E-state index contributed by atoms with van der Waals surface area (Å²) in [5.74, 6) is 1.48. The summed E-state index contributed by atoms with van der Waals surface area (Å²) >= 11 is 0. The van der Waals surface area contributed by atoms with Gasteiger partial charge in [-0.25, -0.2) is 4.98 Å². The molecule has 0 radical (unpaired) electrons. The van der Waals surface area contributed by atoms with Gasteiger partial charge in [-0.1, -0.05) is 24.3 Å². The fraction of sp³-hybridized carbons (Fsp3) is 0.118. The lowest BCUT2D eigenvalue weighted by Crippen LogP contribution is -1.99. The molecule has 0 aliphatic rings. The van der Waals surface area contributed by atoms with Crippen molar-refractivity contribution in [3.8, 4) is 17.5 Å². The maximum absolute atomic E-state index is 8.92. The largest absolute Gasteiger partial charge is 0.381 e. The number of rotatable bonds is 4. The second-order valence-electron chi connectivity index (χ2n) is 4.99. The Morgan fingerprint density at radius 1 is 1.18 bits per heavy atom. The molecule has 0 bridgehead atoms. The van der Waals surface area contributed by atoms with E-state index in [1.54, 1.807) is 6.07 Å². The number of hydrogen-bond donors (Lipinski definition) is 2. The van der Waals surface area contributed by atoms with Crippen LogP contribution in [0.1, 0.15) is 17.0 Å². The van der Waals surface area contributed by atoms with Gasteiger partial charge in [-0.2, -0.15) is 10.4 Å². The average molecular weight is 289 g/mol. The molecule has 1 aromatic heterocycles. The van der Waals surface area contributed by atoms with E-state index in [2.05, 4.69) is 26.6 Å². The van der Waals surface area contributed by atoms with Crippen LogP contribution in [-0.2, 0) is 6.54 Å². The van der Waals surface area contributed by atoms with Crippen LogP contribution in [0.4, 0.5) is 5.69 Å². The van der Waals surface area contributed by atoms with Crippen LogP contribution in [0, 0.1) is 18.3 Å². The number of aryl methyl sites for hydroxylation is 1. The molecule has 0 unspecified atom stereocenters. The Bertz CT molecular complexity index is 829. The number of nitriles is 1. The molecule has 108 valence electrons. The standard InChI is InChI=1S/C17H15N5/c1-12-20-17(22-21-12)15-6-3-7-16(9-15)19-11-14-5-2-4-13(8-14)10-18/h2-9,19H,11H2,1H3,(H,20,21,22). The number of nitrogens with zero attached hydrogens (tertiary/aromatic N) is 3. The van der Waals surface area contributed by atoms with E-state index in [0.717, 1.165) is 22.6 Å². The first-order chi connectivity index (χ1) is 10.7. The third-order valence-corrected chi connectivity index (χ3v) is 3.27. The van der Waals surface area contributed by atoms with Crippen LogP contribution < -0.4 is 5.32 Å². The third kappa shape index (κ3) is 3.13. The zero-order valence-corrected chi connectivity index (χ0v) is 12.2. The van der Waals surface area contributed by atoms with Gasteiger partial charge >= 0.3 is 0 Å². The summed E-state index contributed by atoms with van der Waals surface area (Å²) in [6, 6.07) is 17.7. The molecule has 0 spiro atoms. The Morgan fingerprint density at radius 2 is 2.05 bits per heavy atom. The van der Waals surface area contributed by atoms with Gasteiger partial charge in [-0.3, -0.25) is 5.10 Å². The number of aromatic amines is 1. The molecule has 0 atom stereocenters. The molecule has 0 fully saturated rings. The summed E-state index contributed by atoms with van der Waals surface area (Å²) in [5, 5.41) is 19.3. The number of benzene rings is 2. The second-order valence-corrected chi connectivity index (χ2v) is 4.99. The highest BCUT2D eigenvalue weighted by Gasteiger charge is 2.04. The molecule has 3 aromatic rings. The monoisotopic (exact) mass is 289 g/mol. The van der Waals surface area contributed by atoms with E-state index in [1.165, 1.54) is 0 Å². The highest BCUT2D eigenvalue weighted by molar-refractivity contribution is 5.62. The van der Waals surface area contributed by atoms with E-state index in [0.29, 0.717) is 17.9 Å². The van der Waals surface area contributed by atoms with Crippen LogP contribution in [0.2, 0.25) is 0 Å². The van der Waals surface area contributed by atoms with Crippen molar-refractivity contribution in [2.75, 3.05) is 5.32 Å². The van der Waals surface area contributed by atoms with Gasteiger partial charge in [0.25, 0.3) is 0 Å². The highest BCUT2D eigenvalue weighted by Crippen LogP contribution is 2.19. The molecule has 0 aliphatic carbocycles. The highest BCUT2D eigenvalue weighted by atomic mass is 15.2. The van der Waals surface area contributed by atoms with Crippen molar-refractivity contribution in [3.63, 3.8) is 0 Å². The fourth-order valence-electron chi connectivity index (χ4n) is 2.20. The maximum Gasteiger partial charge on any atom is 0.181 e. The predicted octanol–water partition coefficient (Wildman–Crippen LogP) is 3.26. The molecule has 2 N–H and O–H groups in total. The Balaban J connectivity index is 1.74. The van der Waals surface area contributed by atoms with Gasteiger partial charge in [0, 0.05) is 17.8 Å². The Morgan fingerprint density at radius 3 is 2.82 bits per heavy atom. The van der Waals surface area contributed by atoms with Crippen molar-refractivity contribution in [2.24, 2.45) is 0 Å². The lowest BCUT2D eigenvalue weighted by Gasteiger charge is -2.07. The molecule has 2 aromatic carbocycles. The summed E-state index contributed by atoms with van der Waals surface area (Å²) in [6.45, 7) is 2.53. The van der Waals surface area contributed by atoms with E-state index >= 15 is 0 Å². The van der Waals surface area contributed by atoms with Crippen LogP contribution >= 0.6 is 0 Å². The predicted molar refractivity (Wildman–Crippen MR) is 85.0 cm³/mol. The molecule has 0 saturated heterocycles. The van der Waals surface area contributed by atoms with Crippen molar-refractivity contribution in [1.82, 2.24) is 15.2 Å². The number of hydrogen-bond acceptors (Lipinski definition) is 4. The van der Waals surface area contributed by atoms with Gasteiger partial charge < -0.3 is 5.32 Å². The van der Waals surface area contributed by atoms with Gasteiger partial charge in [0.1, 0.15) is 5.82 Å². The maximum atomic E-state index is 8.92. The Hall–Kier alpha value is -3.13. The fourth-order valence-corrected chi connectivity index (χ4v) is 2.20. The van der Waals surface area contributed by atoms with Crippen molar-refractivity contribution in [2.45, 2.75) is 13.5 Å². The summed E-state index contributed by atoms with van der Waals surface area (Å²) in [6.07, 6.45) is 0. The van der Waals surface area contributed by atoms with Crippen LogP contribution in [0.5, 0.6) is 0 Å². The second kappa shape index (κ2) is 6.10. The van der Waals surface area contributed by atoms with E-state index in [9.17, 15) is 0 Å². The number of nitrogens with one attached hydrogen (secondary N) is 2. The third-order valence-electron chi connectivity index (χ3n) is 3.27. The summed E-state index contributed by atoms with van der Waals surface area (Å²) in [7, 11) is 0. The normalized spacial score (nSPS) is 10.2. The summed E-state index contributed by atoms with van der Waals surface area (Å²) in [5.41, 5.74) is 3.69. The molecular formula is C17H15N5. The average Bonchev–Trinajstić information content (AvgIpc) is 3.00. The number of aromatic nitrogens is 3. The minimum atomic E-state index is 0.659. The Kier molecular flexibility index (Phi) is 3.84. The molecule has 0 saturated carbocycles. The minimum Gasteiger partial charge on any atom is -0.381 e. The number of H-pyrrole nitrogens is 1. The first kappa shape index (κ1) is 13.8. The summed E-state index contributed by atoms with van der Waals surface area (Å²) < 4.78 is 0. The van der Waals surface area contributed by atoms with Crippen LogP contribution in [0.25, 0.3) is 11.4 Å². The van der Waals surface area contributed by atoms with Crippen molar-refractivity contribution in [1.29, 1.82) is 5.26 Å². The van der Waals surface area contributed by atoms with Crippen LogP contribution in [0.15, 0.2) is 48.5 Å². The molecule has 5 heteroatoms. The van der Waals surface area contributed by atoms with Crippen LogP contribution in [0.3, 0.4) is 0 Å². The lowest BCUT2D eigenvalue weighted by molar-refractivity contribution is 1.04. The van der Waals surface area contributed by atoms with Gasteiger partial charge in [-0.05, 0) is 36.8 Å². The molecule has 0 aliphatic heterocycles. The zero-order chi connectivity index (χ0) is 15.4. The first-order valence-electron chi connectivity index (χ1n) is 6.97. The molecule has 3 rings (SSSR count). The smallest absolute Gasteiger partial charge is 0.181 e. The lowest BCUT2D eigenvalue weighted by atomic mass is 10.1. The topological polar surface area (TPSA) is 77.4 Å². The van der Waals surface area contributed by atoms with E-state index in [4.69, 9.17) is 5.26 Å². The minimum absolute atomic E-state index is 0.659. The van der Waals surface area contributed by atoms with Crippen molar-refractivity contribution in [3.05, 3.63) is 65.5 Å².